The number of nitrogens with one attached hydrogen (secondary N) is 4. The Bertz CT molecular complexity index is 2890. The summed E-state index contributed by atoms with van der Waals surface area (Å²) in [6.45, 7) is 25.5. The average molecular weight is 1560 g/mol. The van der Waals surface area contributed by atoms with Crippen LogP contribution >= 0.6 is 23.2 Å². The Morgan fingerprint density at radius 1 is 0.519 bits per heavy atom. The number of hydrogen-bond acceptors (Lipinski definition) is 18. The number of ketones is 2. The highest BCUT2D eigenvalue weighted by molar-refractivity contribution is 6.30. The zero-order valence-electron chi connectivity index (χ0n) is 67.5. The number of likely N-dealkylation sites (tertiary alicyclic amines) is 5. The minimum atomic E-state index is -1.18. The third kappa shape index (κ3) is 27.2. The van der Waals surface area contributed by atoms with Gasteiger partial charge < -0.3 is 60.9 Å². The second kappa shape index (κ2) is 44.4. The van der Waals surface area contributed by atoms with Gasteiger partial charge in [-0.3, -0.25) is 28.8 Å². The van der Waals surface area contributed by atoms with Crippen molar-refractivity contribution in [2.24, 2.45) is 44.8 Å². The minimum absolute atomic E-state index is 0. The molecular weight excluding hydrogens is 1410 g/mol. The molecule has 7 aliphatic heterocycles. The van der Waals surface area contributed by atoms with Crippen LogP contribution in [0.3, 0.4) is 0 Å². The molecule has 614 valence electrons. The van der Waals surface area contributed by atoms with Crippen molar-refractivity contribution >= 4 is 58.4 Å². The maximum Gasteiger partial charge on any atom is 0.245 e. The molecule has 7 heterocycles. The van der Waals surface area contributed by atoms with Crippen molar-refractivity contribution in [3.63, 3.8) is 0 Å². The van der Waals surface area contributed by atoms with Crippen molar-refractivity contribution in [3.05, 3.63) is 69.7 Å². The molecule has 2 saturated carbocycles. The van der Waals surface area contributed by atoms with Crippen LogP contribution < -0.4 is 21.3 Å². The van der Waals surface area contributed by atoms with E-state index in [1.165, 1.54) is 70.8 Å². The van der Waals surface area contributed by atoms with Crippen LogP contribution in [-0.4, -0.2) is 253 Å². The molecule has 2 aromatic carbocycles. The Morgan fingerprint density at radius 2 is 0.963 bits per heavy atom. The Hall–Kier alpha value is -4.24. The number of rotatable bonds is 21. The predicted molar refractivity (Wildman–Crippen MR) is 430 cm³/mol. The van der Waals surface area contributed by atoms with Crippen LogP contribution in [0.4, 0.5) is 0 Å². The summed E-state index contributed by atoms with van der Waals surface area (Å²) < 4.78 is 0. The van der Waals surface area contributed by atoms with Crippen LogP contribution in [0.2, 0.25) is 10.0 Å². The molecular formula is C84H142Cl2N10O12. The van der Waals surface area contributed by atoms with E-state index in [4.69, 9.17) is 43.2 Å². The number of carbonyl (C=O) groups is 6. The second-order valence-electron chi connectivity index (χ2n) is 34.5. The van der Waals surface area contributed by atoms with Gasteiger partial charge in [0.25, 0.3) is 0 Å². The number of hydrogen-bond donors (Lipinski definition) is 6. The number of carbonyl (C=O) groups excluding carboxylic acids is 6. The van der Waals surface area contributed by atoms with E-state index in [1.54, 1.807) is 28.1 Å². The maximum absolute atomic E-state index is 13.9. The fourth-order valence-corrected chi connectivity index (χ4v) is 19.0. The van der Waals surface area contributed by atoms with Gasteiger partial charge >= 0.3 is 0 Å². The molecule has 7 atom stereocenters. The van der Waals surface area contributed by atoms with E-state index >= 15 is 0 Å². The van der Waals surface area contributed by atoms with E-state index < -0.39 is 29.3 Å². The number of likely N-dealkylation sites (N-methyl/N-ethyl adjacent to an activating group) is 1. The Morgan fingerprint density at radius 3 is 1.37 bits per heavy atom. The fourth-order valence-electron chi connectivity index (χ4n) is 18.8. The van der Waals surface area contributed by atoms with Crippen molar-refractivity contribution in [2.75, 3.05) is 154 Å². The van der Waals surface area contributed by atoms with Crippen molar-refractivity contribution < 1.29 is 58.5 Å². The number of aliphatic hydroxyl groups excluding tert-OH is 1. The molecule has 0 spiro atoms. The molecule has 9 fully saturated rings. The standard InChI is InChI=1S/C30H44ClN3O3.C29H43ClN4O3.C9H19NO2.C8H17NO2.C7H15NO2.CH4/c1-22(35)30(24-8-5-4-6-9-24)15-18-34(19-16-30)27(36)26(20-23-10-12-25(31)13-11-23)32-28(37)29(2)14-7-17-33(3)21-29;1-21(35)29(23-7-5-4-6-8-23)13-16-34(17-14-29)26(36)25(19-22-9-11-24(30)12-10-22)32-27(37)28(2)20-33(3)18-15-31-28;1-9(8-12-11-3)5-4-6-10(2)7-9;1-8(7(10)11)4-3-5-9(2)6-8;1-9-10-6-7-3-2-4-8-5-7;/h10-13,24,26H,4-9,14-21H2,1-3H3,(H,32,37);9-12,23,25,31H,4-8,13-20H2,1-3H3,(H,32,37);4-8H2,1-3H3;7,10-11H,3-6H2,1-2H3;7-8H,2-6H2,1H3;1H4/t26-,29?;25-,28?;;;;/m11..../s1. The molecule has 108 heavy (non-hydrogen) atoms. The van der Waals surface area contributed by atoms with Crippen molar-refractivity contribution in [1.29, 1.82) is 0 Å². The van der Waals surface area contributed by atoms with Gasteiger partial charge in [-0.15, -0.1) is 0 Å². The third-order valence-electron chi connectivity index (χ3n) is 25.4. The van der Waals surface area contributed by atoms with Gasteiger partial charge in [-0.2, -0.15) is 0 Å². The molecule has 5 unspecified atom stereocenters. The van der Waals surface area contributed by atoms with Crippen molar-refractivity contribution in [2.45, 2.75) is 227 Å². The largest absolute Gasteiger partial charge is 0.368 e. The average Bonchev–Trinajstić information content (AvgIpc) is 0.783. The second-order valence-corrected chi connectivity index (χ2v) is 35.3. The van der Waals surface area contributed by atoms with Crippen LogP contribution in [0.1, 0.15) is 201 Å². The molecule has 2 aliphatic carbocycles. The van der Waals surface area contributed by atoms with E-state index in [2.05, 4.69) is 64.6 Å². The molecule has 9 aliphatic rings. The van der Waals surface area contributed by atoms with E-state index in [9.17, 15) is 28.8 Å². The lowest BCUT2D eigenvalue weighted by Crippen LogP contribution is -2.67. The number of Topliss-reactive ketones (excluding diaryl/α,β-unsaturated/α-hetero) is 2. The smallest absolute Gasteiger partial charge is 0.245 e. The van der Waals surface area contributed by atoms with Crippen LogP contribution in [0.5, 0.6) is 0 Å². The lowest BCUT2D eigenvalue weighted by Gasteiger charge is -2.47. The quantitative estimate of drug-likeness (QED) is 0.0386. The Labute approximate surface area is 659 Å². The third-order valence-corrected chi connectivity index (χ3v) is 25.9. The topological polar surface area (TPSA) is 247 Å². The number of halogens is 2. The predicted octanol–water partition coefficient (Wildman–Crippen LogP) is 10.8. The summed E-state index contributed by atoms with van der Waals surface area (Å²) >= 11 is 12.2. The van der Waals surface area contributed by atoms with Crippen LogP contribution in [-0.2, 0) is 61.2 Å². The van der Waals surface area contributed by atoms with E-state index in [0.29, 0.717) is 99.4 Å². The first-order valence-corrected chi connectivity index (χ1v) is 41.2. The Kier molecular flexibility index (Phi) is 38.1. The summed E-state index contributed by atoms with van der Waals surface area (Å²) in [5, 5.41) is 32.4. The number of benzene rings is 2. The van der Waals surface area contributed by atoms with E-state index in [1.807, 2.05) is 100 Å². The first kappa shape index (κ1) is 92.6. The molecule has 0 bridgehead atoms. The lowest BCUT2D eigenvalue weighted by molar-refractivity contribution is -0.291. The summed E-state index contributed by atoms with van der Waals surface area (Å²) in [7, 11) is 11.3. The number of amides is 4. The first-order chi connectivity index (χ1) is 50.9. The monoisotopic (exact) mass is 1550 g/mol. The molecule has 11 rings (SSSR count). The lowest BCUT2D eigenvalue weighted by atomic mass is 9.62. The molecule has 2 aromatic rings. The van der Waals surface area contributed by atoms with Crippen molar-refractivity contribution in [3.8, 4) is 0 Å². The molecule has 4 amide bonds. The van der Waals surface area contributed by atoms with Gasteiger partial charge in [0.15, 0.2) is 6.29 Å². The van der Waals surface area contributed by atoms with Gasteiger partial charge in [-0.25, -0.2) is 19.6 Å². The SMILES string of the molecule is C.CC(=O)C1(C2CCCCC2)CCN(C(=O)[C@@H](Cc2ccc(Cl)cc2)NC(=O)C2(C)CCCN(C)C2)CC1.CC(=O)C1(C2CCCCC2)CCN(C(=O)[C@@H](Cc2ccc(Cl)cc2)NC(=O)C2(C)CN(C)CCN2)CC1.CN1CCCC(C)(C(O)O)C1.COOCC1(C)CCCN(C)C1.COOCC1CCCNC1. The molecule has 6 N–H and O–H groups in total. The first-order valence-electron chi connectivity index (χ1n) is 40.5. The highest BCUT2D eigenvalue weighted by Gasteiger charge is 2.50. The molecule has 22 nitrogen and oxygen atoms in total. The van der Waals surface area contributed by atoms with Gasteiger partial charge in [0.2, 0.25) is 23.6 Å². The normalized spacial score (nSPS) is 27.3. The summed E-state index contributed by atoms with van der Waals surface area (Å²) in [5.41, 5.74) is -0.0139. The minimum Gasteiger partial charge on any atom is -0.368 e. The molecule has 24 heteroatoms. The molecule has 0 aromatic heterocycles. The van der Waals surface area contributed by atoms with Crippen LogP contribution in [0, 0.1) is 44.8 Å². The number of piperazine rings is 1. The molecule has 0 radical (unpaired) electrons. The van der Waals surface area contributed by atoms with Gasteiger partial charge in [0, 0.05) is 117 Å². The summed E-state index contributed by atoms with van der Waals surface area (Å²) in [6, 6.07) is 13.6. The van der Waals surface area contributed by atoms with Crippen LogP contribution in [0.25, 0.3) is 0 Å². The van der Waals surface area contributed by atoms with Gasteiger partial charge in [-0.05, 0) is 238 Å². The zero-order valence-corrected chi connectivity index (χ0v) is 69.0. The number of nitrogens with zero attached hydrogens (tertiary/aromatic N) is 6. The van der Waals surface area contributed by atoms with E-state index in [0.717, 1.165) is 134 Å². The van der Waals surface area contributed by atoms with Crippen LogP contribution in [0.15, 0.2) is 48.5 Å². The summed E-state index contributed by atoms with van der Waals surface area (Å²) in [5.74, 6) is 1.73. The van der Waals surface area contributed by atoms with Gasteiger partial charge in [-0.1, -0.05) is 107 Å². The van der Waals surface area contributed by atoms with Gasteiger partial charge in [0.05, 0.1) is 32.8 Å². The Balaban J connectivity index is 0.000000237. The zero-order chi connectivity index (χ0) is 78.0. The summed E-state index contributed by atoms with van der Waals surface area (Å²) in [6.07, 6.45) is 23.1. The van der Waals surface area contributed by atoms with Crippen molar-refractivity contribution in [1.82, 2.24) is 50.7 Å². The number of aliphatic hydroxyl groups is 2. The highest BCUT2D eigenvalue weighted by atomic mass is 35.5. The fraction of sp³-hybridized carbons (Fsp3) is 0.786. The number of piperidine rings is 6. The van der Waals surface area contributed by atoms with Gasteiger partial charge in [0.1, 0.15) is 29.2 Å². The highest BCUT2D eigenvalue weighted by Crippen LogP contribution is 2.48. The van der Waals surface area contributed by atoms with E-state index in [-0.39, 0.29) is 64.3 Å². The maximum atomic E-state index is 13.9. The molecule has 7 saturated heterocycles. The summed E-state index contributed by atoms with van der Waals surface area (Å²) in [4.78, 5) is 112.